The van der Waals surface area contributed by atoms with Gasteiger partial charge in [0.15, 0.2) is 0 Å². The van der Waals surface area contributed by atoms with Gasteiger partial charge in [0.05, 0.1) is 11.7 Å². The average molecular weight is 251 g/mol. The summed E-state index contributed by atoms with van der Waals surface area (Å²) in [5.74, 6) is 0.790. The smallest absolute Gasteiger partial charge is 0.0543 e. The zero-order valence-corrected chi connectivity index (χ0v) is 12.8. The van der Waals surface area contributed by atoms with Crippen molar-refractivity contribution >= 4 is 0 Å². The highest BCUT2D eigenvalue weighted by Crippen LogP contribution is 2.13. The van der Waals surface area contributed by atoms with Crippen molar-refractivity contribution in [3.05, 3.63) is 18.0 Å². The van der Waals surface area contributed by atoms with Gasteiger partial charge >= 0.3 is 0 Å². The minimum atomic E-state index is 0.0709. The van der Waals surface area contributed by atoms with Gasteiger partial charge in [0.1, 0.15) is 0 Å². The maximum Gasteiger partial charge on any atom is 0.0543 e. The van der Waals surface area contributed by atoms with Gasteiger partial charge in [0, 0.05) is 24.3 Å². The fourth-order valence-electron chi connectivity index (χ4n) is 1.80. The minimum Gasteiger partial charge on any atom is -0.310 e. The van der Waals surface area contributed by atoms with Crippen molar-refractivity contribution in [1.29, 1.82) is 0 Å². The Balaban J connectivity index is 2.37. The molecule has 1 rings (SSSR count). The van der Waals surface area contributed by atoms with E-state index in [0.717, 1.165) is 12.5 Å². The number of hydrogen-bond donors (Lipinski definition) is 1. The summed E-state index contributed by atoms with van der Waals surface area (Å²) >= 11 is 0. The van der Waals surface area contributed by atoms with Crippen molar-refractivity contribution in [3.8, 4) is 0 Å². The van der Waals surface area contributed by atoms with Crippen LogP contribution in [0, 0.1) is 5.92 Å². The van der Waals surface area contributed by atoms with Gasteiger partial charge in [-0.15, -0.1) is 0 Å². The van der Waals surface area contributed by atoms with Gasteiger partial charge in [-0.25, -0.2) is 0 Å². The van der Waals surface area contributed by atoms with E-state index < -0.39 is 0 Å². The lowest BCUT2D eigenvalue weighted by molar-refractivity contribution is 0.355. The van der Waals surface area contributed by atoms with E-state index >= 15 is 0 Å². The molecule has 1 aromatic heterocycles. The third kappa shape index (κ3) is 5.21. The molecule has 18 heavy (non-hydrogen) atoms. The lowest BCUT2D eigenvalue weighted by Crippen LogP contribution is -2.26. The summed E-state index contributed by atoms with van der Waals surface area (Å²) in [5.41, 5.74) is 1.34. The Labute approximate surface area is 112 Å². The summed E-state index contributed by atoms with van der Waals surface area (Å²) in [4.78, 5) is 0. The molecule has 0 radical (unpaired) electrons. The molecule has 0 amide bonds. The van der Waals surface area contributed by atoms with E-state index in [1.54, 1.807) is 0 Å². The third-order valence-electron chi connectivity index (χ3n) is 3.16. The average Bonchev–Trinajstić information content (AvgIpc) is 2.71. The molecule has 3 nitrogen and oxygen atoms in total. The zero-order valence-electron chi connectivity index (χ0n) is 12.8. The molecule has 0 aliphatic rings. The Morgan fingerprint density at radius 2 is 1.89 bits per heavy atom. The second kappa shape index (κ2) is 6.37. The highest BCUT2D eigenvalue weighted by Gasteiger charge is 2.14. The predicted octanol–water partition coefficient (Wildman–Crippen LogP) is 3.55. The van der Waals surface area contributed by atoms with Crippen molar-refractivity contribution in [3.63, 3.8) is 0 Å². The van der Waals surface area contributed by atoms with Gasteiger partial charge in [0.2, 0.25) is 0 Å². The molecule has 1 unspecified atom stereocenters. The Hall–Kier alpha value is -0.830. The summed E-state index contributed by atoms with van der Waals surface area (Å²) < 4.78 is 2.03. The van der Waals surface area contributed by atoms with Gasteiger partial charge < -0.3 is 5.32 Å². The Kier molecular flexibility index (Phi) is 5.39. The molecule has 1 N–H and O–H groups in total. The molecule has 1 aromatic rings. The highest BCUT2D eigenvalue weighted by atomic mass is 15.3. The molecule has 0 saturated heterocycles. The number of nitrogens with one attached hydrogen (secondary N) is 1. The van der Waals surface area contributed by atoms with E-state index in [4.69, 9.17) is 0 Å². The first kappa shape index (κ1) is 15.2. The van der Waals surface area contributed by atoms with Crippen molar-refractivity contribution < 1.29 is 0 Å². The summed E-state index contributed by atoms with van der Waals surface area (Å²) in [6.07, 6.45) is 6.63. The third-order valence-corrected chi connectivity index (χ3v) is 3.16. The number of rotatable bonds is 6. The SMILES string of the molecule is CC(C)CCC(C)NCc1cnn(C(C)(C)C)c1. The molecule has 3 heteroatoms. The second-order valence-electron chi connectivity index (χ2n) is 6.72. The molecule has 0 aliphatic heterocycles. The number of aromatic nitrogens is 2. The van der Waals surface area contributed by atoms with Crippen LogP contribution in [0.1, 0.15) is 59.9 Å². The first-order chi connectivity index (χ1) is 8.29. The van der Waals surface area contributed by atoms with Crippen molar-refractivity contribution in [2.75, 3.05) is 0 Å². The van der Waals surface area contributed by atoms with Crippen molar-refractivity contribution in [2.24, 2.45) is 5.92 Å². The summed E-state index contributed by atoms with van der Waals surface area (Å²) in [7, 11) is 0. The van der Waals surface area contributed by atoms with Gasteiger partial charge in [-0.2, -0.15) is 5.10 Å². The fraction of sp³-hybridized carbons (Fsp3) is 0.800. The minimum absolute atomic E-state index is 0.0709. The highest BCUT2D eigenvalue weighted by molar-refractivity contribution is 5.05. The monoisotopic (exact) mass is 251 g/mol. The van der Waals surface area contributed by atoms with Crippen LogP contribution in [-0.4, -0.2) is 15.8 Å². The van der Waals surface area contributed by atoms with E-state index in [1.165, 1.54) is 18.4 Å². The van der Waals surface area contributed by atoms with Crippen LogP contribution in [0.2, 0.25) is 0 Å². The van der Waals surface area contributed by atoms with E-state index in [0.29, 0.717) is 6.04 Å². The molecule has 0 aromatic carbocycles. The summed E-state index contributed by atoms with van der Waals surface area (Å²) in [5, 5.41) is 7.98. The first-order valence-corrected chi connectivity index (χ1v) is 7.06. The maximum atomic E-state index is 4.42. The molecular formula is C15H29N3. The second-order valence-corrected chi connectivity index (χ2v) is 6.72. The lowest BCUT2D eigenvalue weighted by Gasteiger charge is -2.19. The first-order valence-electron chi connectivity index (χ1n) is 7.06. The molecule has 0 bridgehead atoms. The van der Waals surface area contributed by atoms with Crippen molar-refractivity contribution in [2.45, 2.75) is 72.5 Å². The van der Waals surface area contributed by atoms with Crippen LogP contribution in [0.25, 0.3) is 0 Å². The molecule has 0 fully saturated rings. The van der Waals surface area contributed by atoms with Crippen LogP contribution in [0.4, 0.5) is 0 Å². The number of hydrogen-bond acceptors (Lipinski definition) is 2. The molecule has 0 saturated carbocycles. The van der Waals surface area contributed by atoms with Gasteiger partial charge in [-0.3, -0.25) is 4.68 Å². The Morgan fingerprint density at radius 1 is 1.22 bits per heavy atom. The molecular weight excluding hydrogens is 222 g/mol. The van der Waals surface area contributed by atoms with Gasteiger partial charge in [0.25, 0.3) is 0 Å². The topological polar surface area (TPSA) is 29.9 Å². The van der Waals surface area contributed by atoms with Crippen LogP contribution >= 0.6 is 0 Å². The Bertz CT molecular complexity index is 347. The normalized spacial score (nSPS) is 14.2. The van der Waals surface area contributed by atoms with Crippen molar-refractivity contribution in [1.82, 2.24) is 15.1 Å². The van der Waals surface area contributed by atoms with E-state index in [9.17, 15) is 0 Å². The fourth-order valence-corrected chi connectivity index (χ4v) is 1.80. The largest absolute Gasteiger partial charge is 0.310 e. The van der Waals surface area contributed by atoms with Gasteiger partial charge in [-0.05, 0) is 46.5 Å². The van der Waals surface area contributed by atoms with E-state index in [-0.39, 0.29) is 5.54 Å². The maximum absolute atomic E-state index is 4.42. The quantitative estimate of drug-likeness (QED) is 0.838. The molecule has 104 valence electrons. The van der Waals surface area contributed by atoms with Crippen LogP contribution in [0.5, 0.6) is 0 Å². The van der Waals surface area contributed by atoms with Crippen LogP contribution in [0.15, 0.2) is 12.4 Å². The van der Waals surface area contributed by atoms with Crippen LogP contribution in [0.3, 0.4) is 0 Å². The summed E-state index contributed by atoms with van der Waals surface area (Å²) in [6.45, 7) is 14.2. The Morgan fingerprint density at radius 3 is 2.39 bits per heavy atom. The summed E-state index contributed by atoms with van der Waals surface area (Å²) in [6, 6.07) is 0.574. The lowest BCUT2D eigenvalue weighted by atomic mass is 10.0. The van der Waals surface area contributed by atoms with Crippen LogP contribution in [-0.2, 0) is 12.1 Å². The van der Waals surface area contributed by atoms with Crippen LogP contribution < -0.4 is 5.32 Å². The number of nitrogens with zero attached hydrogens (tertiary/aromatic N) is 2. The standard InChI is InChI=1S/C15H29N3/c1-12(2)7-8-13(3)16-9-14-10-17-18(11-14)15(4,5)6/h10-13,16H,7-9H2,1-6H3. The molecule has 0 aliphatic carbocycles. The predicted molar refractivity (Wildman–Crippen MR) is 77.6 cm³/mol. The molecule has 0 spiro atoms. The molecule has 1 atom stereocenters. The van der Waals surface area contributed by atoms with E-state index in [2.05, 4.69) is 58.2 Å². The zero-order chi connectivity index (χ0) is 13.8. The van der Waals surface area contributed by atoms with E-state index in [1.807, 2.05) is 10.9 Å². The van der Waals surface area contributed by atoms with Gasteiger partial charge in [-0.1, -0.05) is 13.8 Å². The molecule has 1 heterocycles.